The Morgan fingerprint density at radius 2 is 1.59 bits per heavy atom. The molecule has 41 heavy (non-hydrogen) atoms. The van der Waals surface area contributed by atoms with E-state index in [-0.39, 0.29) is 11.6 Å². The first-order valence-electron chi connectivity index (χ1n) is 12.2. The molecule has 0 radical (unpaired) electrons. The number of halogens is 4. The van der Waals surface area contributed by atoms with E-state index in [1.807, 2.05) is 19.1 Å². The molecule has 4 aromatic rings. The number of hydrogen-bond acceptors (Lipinski definition) is 6. The minimum absolute atomic E-state index is 0.199. The van der Waals surface area contributed by atoms with Crippen molar-refractivity contribution in [3.05, 3.63) is 101 Å². The number of aryl methyl sites for hydroxylation is 1. The zero-order valence-corrected chi connectivity index (χ0v) is 21.9. The molecule has 3 aromatic carbocycles. The molecular formula is C28H25F4N7O2. The van der Waals surface area contributed by atoms with Crippen LogP contribution in [0.25, 0.3) is 0 Å². The van der Waals surface area contributed by atoms with Crippen LogP contribution in [0.15, 0.2) is 72.9 Å². The zero-order chi connectivity index (χ0) is 29.6. The maximum Gasteiger partial charge on any atom is 0.416 e. The molecule has 0 aliphatic rings. The van der Waals surface area contributed by atoms with Gasteiger partial charge in [-0.25, -0.2) is 14.2 Å². The van der Waals surface area contributed by atoms with Gasteiger partial charge in [-0.3, -0.25) is 4.79 Å². The fraction of sp³-hybridized carbons (Fsp3) is 0.143. The molecule has 0 aliphatic carbocycles. The molecule has 0 bridgehead atoms. The van der Waals surface area contributed by atoms with Crippen LogP contribution in [0.3, 0.4) is 0 Å². The first-order valence-corrected chi connectivity index (χ1v) is 12.2. The van der Waals surface area contributed by atoms with E-state index in [0.717, 1.165) is 17.2 Å². The molecule has 4 rings (SSSR count). The molecule has 0 saturated carbocycles. The predicted octanol–water partition coefficient (Wildman–Crippen LogP) is 6.30. The van der Waals surface area contributed by atoms with E-state index in [1.165, 1.54) is 0 Å². The van der Waals surface area contributed by atoms with Gasteiger partial charge in [0.05, 0.1) is 5.56 Å². The van der Waals surface area contributed by atoms with Crippen molar-refractivity contribution < 1.29 is 27.2 Å². The van der Waals surface area contributed by atoms with Crippen LogP contribution in [0.2, 0.25) is 0 Å². The second-order valence-electron chi connectivity index (χ2n) is 8.86. The standard InChI is InChI=1S/C28H25F4N7O2/c1-16-3-6-21(14-23(16)25(40)33-2)36-26-34-10-9-24(39-26)35-15-17-4-7-20(8-5-17)37-27(41)38-22-12-18(28(30,31)32)11-19(29)13-22/h3-14H,15H2,1-2H3,(H,33,40)(H2,37,38,41)(H2,34,35,36,39). The highest BCUT2D eigenvalue weighted by atomic mass is 19.4. The fourth-order valence-electron chi connectivity index (χ4n) is 3.74. The number of amides is 3. The highest BCUT2D eigenvalue weighted by Crippen LogP contribution is 2.31. The third-order valence-corrected chi connectivity index (χ3v) is 5.79. The van der Waals surface area contributed by atoms with Gasteiger partial charge in [-0.1, -0.05) is 18.2 Å². The third kappa shape index (κ3) is 7.91. The molecule has 1 aromatic heterocycles. The lowest BCUT2D eigenvalue weighted by Crippen LogP contribution is -2.20. The van der Waals surface area contributed by atoms with Gasteiger partial charge in [0.1, 0.15) is 11.6 Å². The predicted molar refractivity (Wildman–Crippen MR) is 148 cm³/mol. The Hall–Kier alpha value is -5.20. The summed E-state index contributed by atoms with van der Waals surface area (Å²) in [5.74, 6) is -0.455. The van der Waals surface area contributed by atoms with Gasteiger partial charge in [-0.2, -0.15) is 18.2 Å². The number of nitrogens with one attached hydrogen (secondary N) is 5. The summed E-state index contributed by atoms with van der Waals surface area (Å²) in [5.41, 5.74) is 1.70. The number of carbonyl (C=O) groups excluding carboxylic acids is 2. The van der Waals surface area contributed by atoms with Crippen molar-refractivity contribution in [1.82, 2.24) is 15.3 Å². The van der Waals surface area contributed by atoms with Gasteiger partial charge < -0.3 is 26.6 Å². The van der Waals surface area contributed by atoms with Crippen molar-refractivity contribution in [2.24, 2.45) is 0 Å². The number of hydrogen-bond donors (Lipinski definition) is 5. The second-order valence-corrected chi connectivity index (χ2v) is 8.86. The number of urea groups is 1. The van der Waals surface area contributed by atoms with Crippen molar-refractivity contribution in [1.29, 1.82) is 0 Å². The van der Waals surface area contributed by atoms with E-state index < -0.39 is 23.6 Å². The third-order valence-electron chi connectivity index (χ3n) is 5.79. The van der Waals surface area contributed by atoms with Gasteiger partial charge in [0.15, 0.2) is 0 Å². The second kappa shape index (κ2) is 12.3. The Labute approximate surface area is 232 Å². The minimum Gasteiger partial charge on any atom is -0.366 e. The summed E-state index contributed by atoms with van der Waals surface area (Å²) >= 11 is 0. The van der Waals surface area contributed by atoms with Crippen LogP contribution in [-0.4, -0.2) is 29.0 Å². The molecule has 5 N–H and O–H groups in total. The van der Waals surface area contributed by atoms with E-state index in [4.69, 9.17) is 0 Å². The van der Waals surface area contributed by atoms with Crippen molar-refractivity contribution in [3.8, 4) is 0 Å². The number of benzene rings is 3. The molecule has 0 saturated heterocycles. The van der Waals surface area contributed by atoms with Crippen LogP contribution in [0.4, 0.5) is 51.2 Å². The van der Waals surface area contributed by atoms with Crippen molar-refractivity contribution in [3.63, 3.8) is 0 Å². The highest BCUT2D eigenvalue weighted by molar-refractivity contribution is 5.99. The number of alkyl halides is 3. The van der Waals surface area contributed by atoms with Crippen LogP contribution in [0, 0.1) is 12.7 Å². The van der Waals surface area contributed by atoms with Crippen LogP contribution in [-0.2, 0) is 12.7 Å². The van der Waals surface area contributed by atoms with Gasteiger partial charge in [0.2, 0.25) is 5.95 Å². The van der Waals surface area contributed by atoms with Crippen LogP contribution in [0.1, 0.15) is 27.0 Å². The molecular weight excluding hydrogens is 542 g/mol. The smallest absolute Gasteiger partial charge is 0.366 e. The maximum absolute atomic E-state index is 13.6. The van der Waals surface area contributed by atoms with Crippen LogP contribution < -0.4 is 26.6 Å². The molecule has 0 aliphatic heterocycles. The summed E-state index contributed by atoms with van der Waals surface area (Å²) in [6.07, 6.45) is -3.17. The van der Waals surface area contributed by atoms with Gasteiger partial charge >= 0.3 is 12.2 Å². The summed E-state index contributed by atoms with van der Waals surface area (Å²) in [7, 11) is 1.56. The van der Waals surface area contributed by atoms with Crippen molar-refractivity contribution >= 4 is 40.8 Å². The number of anilines is 5. The Morgan fingerprint density at radius 1 is 0.878 bits per heavy atom. The van der Waals surface area contributed by atoms with Crippen molar-refractivity contribution in [2.75, 3.05) is 28.3 Å². The molecule has 212 valence electrons. The van der Waals surface area contributed by atoms with E-state index in [1.54, 1.807) is 49.6 Å². The summed E-state index contributed by atoms with van der Waals surface area (Å²) in [6, 6.07) is 14.7. The van der Waals surface area contributed by atoms with Crippen LogP contribution in [0.5, 0.6) is 0 Å². The molecule has 0 atom stereocenters. The molecule has 13 heteroatoms. The fourth-order valence-corrected chi connectivity index (χ4v) is 3.74. The lowest BCUT2D eigenvalue weighted by atomic mass is 10.1. The monoisotopic (exact) mass is 567 g/mol. The van der Waals surface area contributed by atoms with E-state index >= 15 is 0 Å². The summed E-state index contributed by atoms with van der Waals surface area (Å²) in [4.78, 5) is 32.9. The molecule has 1 heterocycles. The normalized spacial score (nSPS) is 11.0. The lowest BCUT2D eigenvalue weighted by molar-refractivity contribution is -0.137. The molecule has 0 unspecified atom stereocenters. The summed E-state index contributed by atoms with van der Waals surface area (Å²) < 4.78 is 52.2. The summed E-state index contributed by atoms with van der Waals surface area (Å²) in [5, 5.41) is 13.5. The largest absolute Gasteiger partial charge is 0.416 e. The minimum atomic E-state index is -4.75. The number of nitrogens with zero attached hydrogens (tertiary/aromatic N) is 2. The Kier molecular flexibility index (Phi) is 8.66. The van der Waals surface area contributed by atoms with E-state index in [9.17, 15) is 27.2 Å². The molecule has 0 spiro atoms. The lowest BCUT2D eigenvalue weighted by Gasteiger charge is -2.12. The first-order chi connectivity index (χ1) is 19.5. The van der Waals surface area contributed by atoms with Gasteiger partial charge in [0.25, 0.3) is 5.91 Å². The number of aromatic nitrogens is 2. The topological polar surface area (TPSA) is 120 Å². The first kappa shape index (κ1) is 28.8. The van der Waals surface area contributed by atoms with Crippen molar-refractivity contribution in [2.45, 2.75) is 19.6 Å². The molecule has 9 nitrogen and oxygen atoms in total. The maximum atomic E-state index is 13.6. The Bertz CT molecular complexity index is 1560. The average Bonchev–Trinajstić information content (AvgIpc) is 2.92. The van der Waals surface area contributed by atoms with E-state index in [0.29, 0.717) is 47.4 Å². The average molecular weight is 568 g/mol. The SMILES string of the molecule is CNC(=O)c1cc(Nc2nccc(NCc3ccc(NC(=O)Nc4cc(F)cc(C(F)(F)F)c4)cc3)n2)ccc1C. The van der Waals surface area contributed by atoms with Gasteiger partial charge in [0, 0.05) is 42.4 Å². The van der Waals surface area contributed by atoms with Gasteiger partial charge in [-0.05, 0) is 66.6 Å². The molecule has 0 fully saturated rings. The van der Waals surface area contributed by atoms with Crippen LogP contribution >= 0.6 is 0 Å². The van der Waals surface area contributed by atoms with E-state index in [2.05, 4.69) is 36.6 Å². The highest BCUT2D eigenvalue weighted by Gasteiger charge is 2.31. The Balaban J connectivity index is 1.32. The number of rotatable bonds is 8. The van der Waals surface area contributed by atoms with Gasteiger partial charge in [-0.15, -0.1) is 0 Å². The quantitative estimate of drug-likeness (QED) is 0.159. The summed E-state index contributed by atoms with van der Waals surface area (Å²) in [6.45, 7) is 2.23. The zero-order valence-electron chi connectivity index (χ0n) is 21.9. The number of carbonyl (C=O) groups is 2. The molecule has 3 amide bonds. The Morgan fingerprint density at radius 3 is 2.29 bits per heavy atom.